The molecule has 0 bridgehead atoms. The summed E-state index contributed by atoms with van der Waals surface area (Å²) < 4.78 is 5.30. The number of amides is 1. The molecule has 1 aromatic rings. The number of hydrogen-bond donors (Lipinski definition) is 2. The maximum absolute atomic E-state index is 12.7. The number of nitrogens with zero attached hydrogens (tertiary/aromatic N) is 1. The number of benzene rings is 1. The molecule has 1 unspecified atom stereocenters. The number of ether oxygens (including phenoxy) is 1. The molecule has 1 fully saturated rings. The Morgan fingerprint density at radius 3 is 2.45 bits per heavy atom. The summed E-state index contributed by atoms with van der Waals surface area (Å²) in [5.74, 6) is -0.135. The van der Waals surface area contributed by atoms with E-state index < -0.39 is 0 Å². The number of anilines is 1. The van der Waals surface area contributed by atoms with Crippen molar-refractivity contribution in [1.29, 1.82) is 0 Å². The van der Waals surface area contributed by atoms with Crippen molar-refractivity contribution < 1.29 is 14.3 Å². The molecule has 1 saturated carbocycles. The van der Waals surface area contributed by atoms with Crippen LogP contribution in [0.4, 0.5) is 5.69 Å². The zero-order valence-corrected chi connectivity index (χ0v) is 18.1. The van der Waals surface area contributed by atoms with Gasteiger partial charge in [0.2, 0.25) is 5.91 Å². The summed E-state index contributed by atoms with van der Waals surface area (Å²) in [7, 11) is 0. The Hall–Kier alpha value is -2.41. The molecule has 3 rings (SSSR count). The molecule has 1 atom stereocenters. The highest BCUT2D eigenvalue weighted by atomic mass is 32.1. The third-order valence-corrected chi connectivity index (χ3v) is 5.98. The summed E-state index contributed by atoms with van der Waals surface area (Å²) >= 11 is 5.50. The van der Waals surface area contributed by atoms with Gasteiger partial charge in [0, 0.05) is 23.8 Å². The van der Waals surface area contributed by atoms with E-state index in [4.69, 9.17) is 17.0 Å². The van der Waals surface area contributed by atoms with Gasteiger partial charge < -0.3 is 20.3 Å². The van der Waals surface area contributed by atoms with Crippen LogP contribution in [0.2, 0.25) is 0 Å². The quantitative estimate of drug-likeness (QED) is 0.542. The second kappa shape index (κ2) is 9.39. The second-order valence-corrected chi connectivity index (χ2v) is 7.83. The number of thiocarbonyl (C=S) groups is 1. The van der Waals surface area contributed by atoms with Crippen molar-refractivity contribution in [2.75, 3.05) is 18.5 Å². The molecular formula is C22H29N3O3S. The molecule has 156 valence electrons. The number of carbonyl (C=O) groups excluding carboxylic acids is 2. The summed E-state index contributed by atoms with van der Waals surface area (Å²) in [5, 5.41) is 6.86. The number of rotatable bonds is 6. The molecule has 1 aliphatic heterocycles. The fraction of sp³-hybridized carbons (Fsp3) is 0.500. The molecule has 0 saturated heterocycles. The molecule has 1 aliphatic carbocycles. The Labute approximate surface area is 177 Å². The van der Waals surface area contributed by atoms with Crippen LogP contribution in [-0.2, 0) is 14.3 Å². The maximum atomic E-state index is 12.7. The minimum Gasteiger partial charge on any atom is -0.463 e. The van der Waals surface area contributed by atoms with E-state index >= 15 is 0 Å². The van der Waals surface area contributed by atoms with Crippen molar-refractivity contribution in [3.63, 3.8) is 0 Å². The van der Waals surface area contributed by atoms with Crippen LogP contribution in [0.3, 0.4) is 0 Å². The molecule has 0 radical (unpaired) electrons. The molecule has 1 heterocycles. The summed E-state index contributed by atoms with van der Waals surface area (Å²) in [6.07, 6.45) is 4.19. The van der Waals surface area contributed by atoms with E-state index in [9.17, 15) is 9.59 Å². The Morgan fingerprint density at radius 1 is 1.21 bits per heavy atom. The lowest BCUT2D eigenvalue weighted by Gasteiger charge is -2.37. The summed E-state index contributed by atoms with van der Waals surface area (Å²) in [6, 6.07) is 7.19. The van der Waals surface area contributed by atoms with E-state index in [1.165, 1.54) is 0 Å². The highest BCUT2D eigenvalue weighted by molar-refractivity contribution is 7.80. The highest BCUT2D eigenvalue weighted by Crippen LogP contribution is 2.32. The molecule has 1 aromatic carbocycles. The molecule has 6 nitrogen and oxygen atoms in total. The smallest absolute Gasteiger partial charge is 0.338 e. The van der Waals surface area contributed by atoms with E-state index in [0.717, 1.165) is 42.6 Å². The average Bonchev–Trinajstić information content (AvgIpc) is 3.23. The fourth-order valence-electron chi connectivity index (χ4n) is 4.08. The lowest BCUT2D eigenvalue weighted by atomic mass is 9.94. The molecule has 0 spiro atoms. The first-order valence-electron chi connectivity index (χ1n) is 10.3. The first-order valence-corrected chi connectivity index (χ1v) is 10.7. The van der Waals surface area contributed by atoms with Crippen LogP contribution in [0.5, 0.6) is 0 Å². The molecule has 7 heteroatoms. The summed E-state index contributed by atoms with van der Waals surface area (Å²) in [4.78, 5) is 26.9. The van der Waals surface area contributed by atoms with Crippen molar-refractivity contribution in [3.8, 4) is 0 Å². The van der Waals surface area contributed by atoms with Gasteiger partial charge in [-0.05, 0) is 63.5 Å². The van der Waals surface area contributed by atoms with Crippen LogP contribution in [-0.4, -0.2) is 35.0 Å². The van der Waals surface area contributed by atoms with Gasteiger partial charge in [-0.25, -0.2) is 4.79 Å². The third kappa shape index (κ3) is 4.61. The summed E-state index contributed by atoms with van der Waals surface area (Å²) in [6.45, 7) is 6.65. The van der Waals surface area contributed by atoms with Crippen molar-refractivity contribution in [2.24, 2.45) is 5.92 Å². The second-order valence-electron chi connectivity index (χ2n) is 7.44. The lowest BCUT2D eigenvalue weighted by molar-refractivity contribution is -0.139. The van der Waals surface area contributed by atoms with Crippen LogP contribution in [0.15, 0.2) is 35.5 Å². The first kappa shape index (κ1) is 21.3. The molecule has 1 amide bonds. The van der Waals surface area contributed by atoms with Gasteiger partial charge in [0.15, 0.2) is 5.11 Å². The Bertz CT molecular complexity index is 813. The first-order chi connectivity index (χ1) is 14.0. The van der Waals surface area contributed by atoms with E-state index in [0.29, 0.717) is 23.8 Å². The van der Waals surface area contributed by atoms with Crippen LogP contribution < -0.4 is 10.6 Å². The standard InChI is InChI=1S/C22H29N3O3S/c1-4-25-14(3)18(21(27)28-5-2)19(24-22(25)29)15-10-12-17(13-11-15)23-20(26)16-8-6-7-9-16/h10-13,16,19H,4-9H2,1-3H3,(H,23,26)(H,24,29). The summed E-state index contributed by atoms with van der Waals surface area (Å²) in [5.41, 5.74) is 3.02. The zero-order valence-electron chi connectivity index (χ0n) is 17.3. The number of esters is 1. The van der Waals surface area contributed by atoms with E-state index in [2.05, 4.69) is 10.6 Å². The van der Waals surface area contributed by atoms with Crippen LogP contribution >= 0.6 is 12.2 Å². The number of carbonyl (C=O) groups is 2. The zero-order chi connectivity index (χ0) is 21.0. The average molecular weight is 416 g/mol. The SMILES string of the molecule is CCOC(=O)C1=C(C)N(CC)C(=S)NC1c1ccc(NC(=O)C2CCCC2)cc1. The fourth-order valence-corrected chi connectivity index (χ4v) is 4.46. The predicted molar refractivity (Wildman–Crippen MR) is 117 cm³/mol. The van der Waals surface area contributed by atoms with Gasteiger partial charge in [0.1, 0.15) is 0 Å². The lowest BCUT2D eigenvalue weighted by Crippen LogP contribution is -2.47. The maximum Gasteiger partial charge on any atom is 0.338 e. The topological polar surface area (TPSA) is 70.7 Å². The normalized spacial score (nSPS) is 19.9. The number of allylic oxidation sites excluding steroid dienone is 1. The minimum atomic E-state index is -0.385. The molecule has 0 aromatic heterocycles. The van der Waals surface area contributed by atoms with Crippen molar-refractivity contribution in [1.82, 2.24) is 10.2 Å². The van der Waals surface area contributed by atoms with Gasteiger partial charge in [0.25, 0.3) is 0 Å². The van der Waals surface area contributed by atoms with E-state index in [1.807, 2.05) is 43.0 Å². The monoisotopic (exact) mass is 415 g/mol. The molecule has 29 heavy (non-hydrogen) atoms. The van der Waals surface area contributed by atoms with Gasteiger partial charge in [-0.2, -0.15) is 0 Å². The van der Waals surface area contributed by atoms with Crippen LogP contribution in [0, 0.1) is 5.92 Å². The largest absolute Gasteiger partial charge is 0.463 e. The van der Waals surface area contributed by atoms with Crippen molar-refractivity contribution in [2.45, 2.75) is 52.5 Å². The molecule has 2 N–H and O–H groups in total. The van der Waals surface area contributed by atoms with Gasteiger partial charge in [-0.15, -0.1) is 0 Å². The molecule has 2 aliphatic rings. The van der Waals surface area contributed by atoms with Gasteiger partial charge >= 0.3 is 5.97 Å². The van der Waals surface area contributed by atoms with Gasteiger partial charge in [-0.3, -0.25) is 4.79 Å². The minimum absolute atomic E-state index is 0.0914. The van der Waals surface area contributed by atoms with E-state index in [-0.39, 0.29) is 23.8 Å². The Balaban J connectivity index is 1.83. The van der Waals surface area contributed by atoms with E-state index in [1.54, 1.807) is 6.92 Å². The Kier molecular flexibility index (Phi) is 6.90. The van der Waals surface area contributed by atoms with Crippen LogP contribution in [0.1, 0.15) is 58.1 Å². The van der Waals surface area contributed by atoms with Crippen molar-refractivity contribution >= 4 is 34.9 Å². The molecular weight excluding hydrogens is 386 g/mol. The number of hydrogen-bond acceptors (Lipinski definition) is 4. The van der Waals surface area contributed by atoms with Crippen molar-refractivity contribution in [3.05, 3.63) is 41.1 Å². The third-order valence-electron chi connectivity index (χ3n) is 5.65. The predicted octanol–water partition coefficient (Wildman–Crippen LogP) is 3.90. The Morgan fingerprint density at radius 2 is 1.86 bits per heavy atom. The highest BCUT2D eigenvalue weighted by Gasteiger charge is 2.34. The van der Waals surface area contributed by atoms with Gasteiger partial charge in [-0.1, -0.05) is 25.0 Å². The number of nitrogens with one attached hydrogen (secondary N) is 2. The van der Waals surface area contributed by atoms with Gasteiger partial charge in [0.05, 0.1) is 18.2 Å². The van der Waals surface area contributed by atoms with Crippen LogP contribution in [0.25, 0.3) is 0 Å².